The summed E-state index contributed by atoms with van der Waals surface area (Å²) < 4.78 is 5.62. The van der Waals surface area contributed by atoms with Gasteiger partial charge in [-0.1, -0.05) is 17.3 Å². The number of phenolic OH excluding ortho intramolecular Hbond substituents is 2. The molecule has 0 amide bonds. The summed E-state index contributed by atoms with van der Waals surface area (Å²) in [5.74, 6) is 0.549. The largest absolute Gasteiger partial charge is 0.508 e. The van der Waals surface area contributed by atoms with Gasteiger partial charge in [0, 0.05) is 11.6 Å². The van der Waals surface area contributed by atoms with E-state index >= 15 is 0 Å². The lowest BCUT2D eigenvalue weighted by Crippen LogP contribution is -2.26. The number of phenols is 2. The fourth-order valence-corrected chi connectivity index (χ4v) is 2.37. The van der Waals surface area contributed by atoms with Gasteiger partial charge in [0.1, 0.15) is 29.6 Å². The number of rotatable bonds is 1. The molecule has 5 nitrogen and oxygen atoms in total. The van der Waals surface area contributed by atoms with Crippen LogP contribution in [0.3, 0.4) is 0 Å². The average Bonchev–Trinajstić information content (AvgIpc) is 2.46. The quantitative estimate of drug-likeness (QED) is 0.549. The number of benzene rings is 2. The first-order chi connectivity index (χ1) is 9.69. The summed E-state index contributed by atoms with van der Waals surface area (Å²) in [6.45, 7) is 0.306. The van der Waals surface area contributed by atoms with Crippen LogP contribution in [0.2, 0.25) is 0 Å². The van der Waals surface area contributed by atoms with E-state index in [2.05, 4.69) is 5.16 Å². The molecule has 0 saturated carbocycles. The van der Waals surface area contributed by atoms with Crippen molar-refractivity contribution in [3.05, 3.63) is 53.6 Å². The molecule has 5 heteroatoms. The van der Waals surface area contributed by atoms with E-state index in [1.165, 1.54) is 12.1 Å². The summed E-state index contributed by atoms with van der Waals surface area (Å²) in [5, 5.41) is 31.5. The molecular formula is C15H13NO4. The molecule has 0 spiro atoms. The van der Waals surface area contributed by atoms with Crippen molar-refractivity contribution in [2.45, 2.75) is 5.92 Å². The summed E-state index contributed by atoms with van der Waals surface area (Å²) in [6.07, 6.45) is 0. The van der Waals surface area contributed by atoms with Gasteiger partial charge in [0.25, 0.3) is 0 Å². The molecular weight excluding hydrogens is 258 g/mol. The number of hydrogen-bond donors (Lipinski definition) is 3. The predicted octanol–water partition coefficient (Wildman–Crippen LogP) is 2.45. The Kier molecular flexibility index (Phi) is 2.95. The van der Waals surface area contributed by atoms with Crippen LogP contribution < -0.4 is 4.74 Å². The Hall–Kier alpha value is -2.69. The van der Waals surface area contributed by atoms with Crippen molar-refractivity contribution < 1.29 is 20.2 Å². The molecule has 1 aliphatic rings. The van der Waals surface area contributed by atoms with Gasteiger partial charge in [-0.05, 0) is 29.8 Å². The van der Waals surface area contributed by atoms with E-state index in [4.69, 9.17) is 4.74 Å². The standard InChI is InChI=1S/C15H13NO4/c17-10-3-1-9(2-4-10)13-8-20-14-7-11(18)5-6-12(14)15(13)16-19/h1-7,13,17-19H,8H2/b16-15+. The van der Waals surface area contributed by atoms with Crippen molar-refractivity contribution in [1.29, 1.82) is 0 Å². The normalized spacial score (nSPS) is 19.4. The van der Waals surface area contributed by atoms with E-state index in [1.807, 2.05) is 0 Å². The zero-order valence-electron chi connectivity index (χ0n) is 10.5. The first-order valence-electron chi connectivity index (χ1n) is 6.16. The number of hydrogen-bond acceptors (Lipinski definition) is 5. The second-order valence-electron chi connectivity index (χ2n) is 4.62. The number of nitrogens with zero attached hydrogens (tertiary/aromatic N) is 1. The molecule has 0 bridgehead atoms. The second kappa shape index (κ2) is 4.77. The van der Waals surface area contributed by atoms with Crippen LogP contribution >= 0.6 is 0 Å². The van der Waals surface area contributed by atoms with E-state index in [1.54, 1.807) is 30.3 Å². The summed E-state index contributed by atoms with van der Waals surface area (Å²) >= 11 is 0. The Morgan fingerprint density at radius 1 is 1.00 bits per heavy atom. The van der Waals surface area contributed by atoms with Gasteiger partial charge in [0.15, 0.2) is 0 Å². The highest BCUT2D eigenvalue weighted by molar-refractivity contribution is 6.07. The first-order valence-corrected chi connectivity index (χ1v) is 6.16. The molecule has 0 saturated heterocycles. The summed E-state index contributed by atoms with van der Waals surface area (Å²) in [4.78, 5) is 0. The maximum Gasteiger partial charge on any atom is 0.132 e. The number of fused-ring (bicyclic) bond motifs is 1. The van der Waals surface area contributed by atoms with Crippen LogP contribution in [-0.2, 0) is 0 Å². The molecule has 3 rings (SSSR count). The van der Waals surface area contributed by atoms with Gasteiger partial charge in [0.2, 0.25) is 0 Å². The van der Waals surface area contributed by atoms with E-state index in [0.29, 0.717) is 23.6 Å². The topological polar surface area (TPSA) is 82.3 Å². The van der Waals surface area contributed by atoms with Crippen molar-refractivity contribution in [3.8, 4) is 17.2 Å². The van der Waals surface area contributed by atoms with Gasteiger partial charge >= 0.3 is 0 Å². The van der Waals surface area contributed by atoms with Gasteiger partial charge in [-0.2, -0.15) is 0 Å². The predicted molar refractivity (Wildman–Crippen MR) is 72.8 cm³/mol. The fraction of sp³-hybridized carbons (Fsp3) is 0.133. The second-order valence-corrected chi connectivity index (χ2v) is 4.62. The van der Waals surface area contributed by atoms with Gasteiger partial charge in [-0.15, -0.1) is 0 Å². The third-order valence-electron chi connectivity index (χ3n) is 3.38. The van der Waals surface area contributed by atoms with Gasteiger partial charge in [0.05, 0.1) is 5.92 Å². The van der Waals surface area contributed by atoms with Crippen LogP contribution in [0.4, 0.5) is 0 Å². The zero-order chi connectivity index (χ0) is 14.1. The van der Waals surface area contributed by atoms with Gasteiger partial charge < -0.3 is 20.2 Å². The number of aromatic hydroxyl groups is 2. The Balaban J connectivity index is 2.03. The van der Waals surface area contributed by atoms with Gasteiger partial charge in [-0.25, -0.2) is 0 Å². The molecule has 3 N–H and O–H groups in total. The van der Waals surface area contributed by atoms with Crippen molar-refractivity contribution in [3.63, 3.8) is 0 Å². The van der Waals surface area contributed by atoms with Crippen molar-refractivity contribution >= 4 is 5.71 Å². The smallest absolute Gasteiger partial charge is 0.132 e. The summed E-state index contributed by atoms with van der Waals surface area (Å²) in [7, 11) is 0. The number of oxime groups is 1. The lowest BCUT2D eigenvalue weighted by atomic mass is 9.88. The first kappa shape index (κ1) is 12.3. The van der Waals surface area contributed by atoms with Gasteiger partial charge in [-0.3, -0.25) is 0 Å². The van der Waals surface area contributed by atoms with Crippen LogP contribution in [-0.4, -0.2) is 27.7 Å². The SMILES string of the molecule is O/N=C1\c2ccc(O)cc2OCC1c1ccc(O)cc1. The molecule has 1 heterocycles. The minimum atomic E-state index is -0.224. The molecule has 0 radical (unpaired) electrons. The Morgan fingerprint density at radius 2 is 1.70 bits per heavy atom. The van der Waals surface area contributed by atoms with Crippen LogP contribution in [0, 0.1) is 0 Å². The third-order valence-corrected chi connectivity index (χ3v) is 3.38. The van der Waals surface area contributed by atoms with Crippen LogP contribution in [0.1, 0.15) is 17.0 Å². The molecule has 102 valence electrons. The molecule has 20 heavy (non-hydrogen) atoms. The Bertz CT molecular complexity index is 664. The van der Waals surface area contributed by atoms with E-state index in [0.717, 1.165) is 5.56 Å². The third kappa shape index (κ3) is 2.03. The van der Waals surface area contributed by atoms with Crippen molar-refractivity contribution in [2.24, 2.45) is 5.16 Å². The van der Waals surface area contributed by atoms with Crippen molar-refractivity contribution in [2.75, 3.05) is 6.61 Å². The van der Waals surface area contributed by atoms with Crippen LogP contribution in [0.5, 0.6) is 17.2 Å². The molecule has 0 fully saturated rings. The highest BCUT2D eigenvalue weighted by Crippen LogP contribution is 2.35. The molecule has 2 aromatic carbocycles. The lowest BCUT2D eigenvalue weighted by molar-refractivity contribution is 0.284. The fourth-order valence-electron chi connectivity index (χ4n) is 2.37. The maximum absolute atomic E-state index is 9.45. The molecule has 1 atom stereocenters. The summed E-state index contributed by atoms with van der Waals surface area (Å²) in [5.41, 5.74) is 2.01. The minimum Gasteiger partial charge on any atom is -0.508 e. The lowest BCUT2D eigenvalue weighted by Gasteiger charge is -2.26. The molecule has 0 aliphatic carbocycles. The van der Waals surface area contributed by atoms with Crippen molar-refractivity contribution in [1.82, 2.24) is 0 Å². The highest BCUT2D eigenvalue weighted by atomic mass is 16.5. The summed E-state index contributed by atoms with van der Waals surface area (Å²) in [6, 6.07) is 11.4. The molecule has 1 aliphatic heterocycles. The maximum atomic E-state index is 9.45. The number of ether oxygens (including phenoxy) is 1. The van der Waals surface area contributed by atoms with E-state index < -0.39 is 0 Å². The van der Waals surface area contributed by atoms with E-state index in [-0.39, 0.29) is 17.4 Å². The highest BCUT2D eigenvalue weighted by Gasteiger charge is 2.29. The Morgan fingerprint density at radius 3 is 2.40 bits per heavy atom. The zero-order valence-corrected chi connectivity index (χ0v) is 10.5. The molecule has 1 unspecified atom stereocenters. The van der Waals surface area contributed by atoms with Crippen LogP contribution in [0.15, 0.2) is 47.6 Å². The monoisotopic (exact) mass is 271 g/mol. The minimum absolute atomic E-state index is 0.101. The van der Waals surface area contributed by atoms with E-state index in [9.17, 15) is 15.4 Å². The van der Waals surface area contributed by atoms with Crippen LogP contribution in [0.25, 0.3) is 0 Å². The average molecular weight is 271 g/mol. The Labute approximate surface area is 115 Å². The molecule has 2 aromatic rings. The molecule has 0 aromatic heterocycles.